The van der Waals surface area contributed by atoms with Crippen molar-refractivity contribution >= 4 is 11.9 Å². The molecule has 0 unspecified atom stereocenters. The lowest BCUT2D eigenvalue weighted by Gasteiger charge is -2.08. The summed E-state index contributed by atoms with van der Waals surface area (Å²) in [4.78, 5) is 23.0. The maximum Gasteiger partial charge on any atom is 0.343 e. The van der Waals surface area contributed by atoms with E-state index in [2.05, 4.69) is 0 Å². The first kappa shape index (κ1) is 22.0. The molecule has 0 heterocycles. The molecule has 0 amide bonds. The Morgan fingerprint density at radius 2 is 1.65 bits per heavy atom. The molecule has 3 aromatic rings. The highest BCUT2D eigenvalue weighted by Crippen LogP contribution is 2.27. The van der Waals surface area contributed by atoms with Crippen LogP contribution in [0.4, 0.5) is 4.39 Å². The van der Waals surface area contributed by atoms with Crippen molar-refractivity contribution in [3.8, 4) is 22.6 Å². The van der Waals surface area contributed by atoms with Crippen LogP contribution in [0.1, 0.15) is 41.6 Å². The second-order valence-electron chi connectivity index (χ2n) is 7.23. The molecule has 1 aliphatic rings. The molecule has 0 spiro atoms. The van der Waals surface area contributed by atoms with E-state index in [1.807, 2.05) is 0 Å². The number of phenols is 1. The quantitative estimate of drug-likeness (QED) is 0.399. The summed E-state index contributed by atoms with van der Waals surface area (Å²) in [5.74, 6) is -1.70. The number of rotatable bonds is 6. The van der Waals surface area contributed by atoms with E-state index >= 15 is 0 Å². The number of carboxylic acid groups (broad SMARTS) is 1. The van der Waals surface area contributed by atoms with Crippen molar-refractivity contribution in [2.45, 2.75) is 32.1 Å². The summed E-state index contributed by atoms with van der Waals surface area (Å²) in [6.07, 6.45) is 4.83. The number of carboxylic acids is 1. The van der Waals surface area contributed by atoms with Gasteiger partial charge in [-0.05, 0) is 60.0 Å². The van der Waals surface area contributed by atoms with Crippen LogP contribution >= 0.6 is 0 Å². The van der Waals surface area contributed by atoms with Crippen molar-refractivity contribution in [2.75, 3.05) is 0 Å². The van der Waals surface area contributed by atoms with Gasteiger partial charge in [-0.2, -0.15) is 0 Å². The van der Waals surface area contributed by atoms with Gasteiger partial charge in [0.1, 0.15) is 17.3 Å². The maximum atomic E-state index is 13.9. The highest BCUT2D eigenvalue weighted by atomic mass is 19.1. The predicted octanol–water partition coefficient (Wildman–Crippen LogP) is 5.61. The first-order valence-corrected chi connectivity index (χ1v) is 10.0. The lowest BCUT2D eigenvalue weighted by molar-refractivity contribution is -0.136. The standard InChI is InChI=1S/C22H17FO5.C3H6/c23-20-10-9-17(24)13-19(20)15-5-7-16(8-6-15)22(27)28-18-3-1-2-14(12-18)4-11-21(25)26;1-2-3-1/h1-3,5-10,12-13,24H,4,11H2,(H,25,26);1-3H2. The molecule has 0 bridgehead atoms. The lowest BCUT2D eigenvalue weighted by Crippen LogP contribution is -2.08. The number of hydrogen-bond donors (Lipinski definition) is 2. The summed E-state index contributed by atoms with van der Waals surface area (Å²) in [6, 6.07) is 16.6. The van der Waals surface area contributed by atoms with Crippen LogP contribution in [0.2, 0.25) is 0 Å². The molecule has 0 atom stereocenters. The number of aryl methyl sites for hydroxylation is 1. The molecule has 0 radical (unpaired) electrons. The molecule has 31 heavy (non-hydrogen) atoms. The van der Waals surface area contributed by atoms with E-state index in [-0.39, 0.29) is 23.3 Å². The number of aliphatic carboxylic acids is 1. The molecule has 0 aromatic heterocycles. The minimum absolute atomic E-state index is 0.00946. The Bertz CT molecular complexity index is 1060. The maximum absolute atomic E-state index is 13.9. The zero-order valence-electron chi connectivity index (χ0n) is 16.9. The Morgan fingerprint density at radius 3 is 2.29 bits per heavy atom. The third kappa shape index (κ3) is 6.96. The summed E-state index contributed by atoms with van der Waals surface area (Å²) >= 11 is 0. The highest BCUT2D eigenvalue weighted by Gasteiger charge is 2.11. The molecule has 6 heteroatoms. The Hall–Kier alpha value is -3.67. The lowest BCUT2D eigenvalue weighted by atomic mass is 10.0. The largest absolute Gasteiger partial charge is 0.508 e. The van der Waals surface area contributed by atoms with Gasteiger partial charge in [0.05, 0.1) is 5.56 Å². The summed E-state index contributed by atoms with van der Waals surface area (Å²) in [5.41, 5.74) is 1.77. The Morgan fingerprint density at radius 1 is 0.935 bits per heavy atom. The van der Waals surface area contributed by atoms with Crippen LogP contribution < -0.4 is 4.74 Å². The average Bonchev–Trinajstić information content (AvgIpc) is 3.64. The Labute approximate surface area is 179 Å². The van der Waals surface area contributed by atoms with Gasteiger partial charge in [0.15, 0.2) is 0 Å². The Balaban J connectivity index is 0.000000834. The zero-order chi connectivity index (χ0) is 22.2. The molecule has 3 aromatic carbocycles. The van der Waals surface area contributed by atoms with Gasteiger partial charge >= 0.3 is 11.9 Å². The molecule has 0 aliphatic heterocycles. The van der Waals surface area contributed by atoms with Crippen LogP contribution in [0.15, 0.2) is 66.7 Å². The van der Waals surface area contributed by atoms with Crippen molar-refractivity contribution in [3.63, 3.8) is 0 Å². The van der Waals surface area contributed by atoms with Gasteiger partial charge in [-0.25, -0.2) is 9.18 Å². The molecule has 4 rings (SSSR count). The number of carbonyl (C=O) groups excluding carboxylic acids is 1. The third-order valence-electron chi connectivity index (χ3n) is 4.47. The van der Waals surface area contributed by atoms with Gasteiger partial charge in [-0.1, -0.05) is 43.5 Å². The second-order valence-corrected chi connectivity index (χ2v) is 7.23. The number of halogens is 1. The fraction of sp³-hybridized carbons (Fsp3) is 0.200. The Kier molecular flexibility index (Phi) is 7.38. The SMILES string of the molecule is C1CC1.O=C(O)CCc1cccc(OC(=O)c2ccc(-c3cc(O)ccc3F)cc2)c1. The summed E-state index contributed by atoms with van der Waals surface area (Å²) in [5, 5.41) is 18.3. The van der Waals surface area contributed by atoms with E-state index in [9.17, 15) is 19.1 Å². The van der Waals surface area contributed by atoms with Crippen LogP contribution in [0.3, 0.4) is 0 Å². The topological polar surface area (TPSA) is 83.8 Å². The highest BCUT2D eigenvalue weighted by molar-refractivity contribution is 5.91. The van der Waals surface area contributed by atoms with Crippen molar-refractivity contribution in [1.82, 2.24) is 0 Å². The monoisotopic (exact) mass is 422 g/mol. The number of carbonyl (C=O) groups is 2. The van der Waals surface area contributed by atoms with Crippen molar-refractivity contribution in [2.24, 2.45) is 0 Å². The summed E-state index contributed by atoms with van der Waals surface area (Å²) < 4.78 is 19.2. The minimum Gasteiger partial charge on any atom is -0.508 e. The van der Waals surface area contributed by atoms with Gasteiger partial charge in [-0.15, -0.1) is 0 Å². The normalized spacial score (nSPS) is 11.8. The molecule has 0 saturated heterocycles. The summed E-state index contributed by atoms with van der Waals surface area (Å²) in [7, 11) is 0. The minimum atomic E-state index is -0.898. The zero-order valence-corrected chi connectivity index (χ0v) is 16.9. The molecular weight excluding hydrogens is 399 g/mol. The molecule has 5 nitrogen and oxygen atoms in total. The first-order valence-electron chi connectivity index (χ1n) is 10.0. The number of esters is 1. The van der Waals surface area contributed by atoms with Gasteiger partial charge < -0.3 is 14.9 Å². The number of benzene rings is 3. The van der Waals surface area contributed by atoms with Crippen molar-refractivity contribution in [3.05, 3.63) is 83.7 Å². The molecule has 1 aliphatic carbocycles. The van der Waals surface area contributed by atoms with Gasteiger partial charge in [-0.3, -0.25) is 4.79 Å². The number of ether oxygens (including phenoxy) is 1. The van der Waals surface area contributed by atoms with E-state index < -0.39 is 17.8 Å². The van der Waals surface area contributed by atoms with E-state index in [1.54, 1.807) is 36.4 Å². The second kappa shape index (κ2) is 10.4. The number of phenolic OH excluding ortho intramolecular Hbond substituents is 1. The molecule has 1 fully saturated rings. The van der Waals surface area contributed by atoms with Crippen LogP contribution in [0.25, 0.3) is 11.1 Å². The average molecular weight is 422 g/mol. The van der Waals surface area contributed by atoms with Crippen LogP contribution in [-0.4, -0.2) is 22.2 Å². The predicted molar refractivity (Wildman–Crippen MR) is 115 cm³/mol. The molecule has 1 saturated carbocycles. The van der Waals surface area contributed by atoms with E-state index in [4.69, 9.17) is 9.84 Å². The fourth-order valence-electron chi connectivity index (χ4n) is 2.70. The van der Waals surface area contributed by atoms with E-state index in [0.29, 0.717) is 17.7 Å². The number of aromatic hydroxyl groups is 1. The van der Waals surface area contributed by atoms with E-state index in [1.165, 1.54) is 49.6 Å². The van der Waals surface area contributed by atoms with Crippen LogP contribution in [0.5, 0.6) is 11.5 Å². The van der Waals surface area contributed by atoms with Crippen molar-refractivity contribution < 1.29 is 28.9 Å². The van der Waals surface area contributed by atoms with Crippen LogP contribution in [-0.2, 0) is 11.2 Å². The molecular formula is C25H23FO5. The van der Waals surface area contributed by atoms with Crippen molar-refractivity contribution in [1.29, 1.82) is 0 Å². The fourth-order valence-corrected chi connectivity index (χ4v) is 2.70. The third-order valence-corrected chi connectivity index (χ3v) is 4.47. The summed E-state index contributed by atoms with van der Waals surface area (Å²) in [6.45, 7) is 0. The van der Waals surface area contributed by atoms with Gasteiger partial charge in [0.2, 0.25) is 0 Å². The molecule has 160 valence electrons. The van der Waals surface area contributed by atoms with Crippen LogP contribution in [0, 0.1) is 5.82 Å². The van der Waals surface area contributed by atoms with Gasteiger partial charge in [0, 0.05) is 12.0 Å². The van der Waals surface area contributed by atoms with E-state index in [0.717, 1.165) is 5.56 Å². The molecule has 2 N–H and O–H groups in total. The smallest absolute Gasteiger partial charge is 0.343 e. The first-order chi connectivity index (χ1) is 14.9. The number of hydrogen-bond acceptors (Lipinski definition) is 4. The van der Waals surface area contributed by atoms with Gasteiger partial charge in [0.25, 0.3) is 0 Å².